The molecule has 0 radical (unpaired) electrons. The molecule has 0 amide bonds. The summed E-state index contributed by atoms with van der Waals surface area (Å²) in [5.41, 5.74) is 25.1. The lowest BCUT2D eigenvalue weighted by Crippen LogP contribution is -2.75. The van der Waals surface area contributed by atoms with E-state index in [0.29, 0.717) is 110 Å². The number of aromatic nitrogens is 3. The summed E-state index contributed by atoms with van der Waals surface area (Å²) in [5, 5.41) is 0. The van der Waals surface area contributed by atoms with Crippen LogP contribution >= 0.6 is 0 Å². The van der Waals surface area contributed by atoms with Gasteiger partial charge in [-0.1, -0.05) is 432 Å². The predicted molar refractivity (Wildman–Crippen MR) is 596 cm³/mol. The molecular formula is C128H124B6N3+3. The zero-order chi connectivity index (χ0) is 128. The van der Waals surface area contributed by atoms with E-state index in [1.165, 1.54) is 72.9 Å². The van der Waals surface area contributed by atoms with Crippen LogP contribution in [0.1, 0.15) is 165 Å². The van der Waals surface area contributed by atoms with E-state index in [1.54, 1.807) is 117 Å². The van der Waals surface area contributed by atoms with Crippen LogP contribution in [0.3, 0.4) is 0 Å². The van der Waals surface area contributed by atoms with Gasteiger partial charge >= 0.3 is 0 Å². The predicted octanol–water partition coefficient (Wildman–Crippen LogP) is 15.7. The number of hydrogen-bond acceptors (Lipinski definition) is 0. The van der Waals surface area contributed by atoms with Gasteiger partial charge in [0.1, 0.15) is 21.1 Å². The molecule has 0 aliphatic carbocycles. The zero-order valence-electron chi connectivity index (χ0n) is 117. The molecule has 0 bridgehead atoms. The Bertz CT molecular complexity index is 9280. The van der Waals surface area contributed by atoms with Gasteiger partial charge in [0.05, 0.1) is 0 Å². The third-order valence-corrected chi connectivity index (χ3v) is 28.3. The van der Waals surface area contributed by atoms with Crippen LogP contribution in [0.15, 0.2) is 334 Å². The lowest BCUT2D eigenvalue weighted by molar-refractivity contribution is -0.660. The minimum Gasteiger partial charge on any atom is -0.201 e. The molecule has 137 heavy (non-hydrogen) atoms. The Morgan fingerprint density at radius 1 is 0.168 bits per heavy atom. The summed E-state index contributed by atoms with van der Waals surface area (Å²) in [6.45, 7) is -24.0. The number of hydrogen-bond donors (Lipinski definition) is 0. The monoisotopic (exact) mass is 1810 g/mol. The summed E-state index contributed by atoms with van der Waals surface area (Å²) < 4.78 is 335. The summed E-state index contributed by atoms with van der Waals surface area (Å²) in [4.78, 5) is 0. The molecule has 15 aromatic carbocycles. The van der Waals surface area contributed by atoms with Crippen molar-refractivity contribution in [2.75, 3.05) is 0 Å². The minimum absolute atomic E-state index is 0.00664. The molecule has 0 unspecified atom stereocenters. The highest BCUT2D eigenvalue weighted by Gasteiger charge is 2.45. The van der Waals surface area contributed by atoms with E-state index in [0.717, 1.165) is 77.7 Å². The first-order valence-electron chi connectivity index (χ1n) is 65.5. The maximum absolute atomic E-state index is 8.96. The largest absolute Gasteiger partial charge is 0.240 e. The summed E-state index contributed by atoms with van der Waals surface area (Å²) in [7, 11) is 5.33. The van der Waals surface area contributed by atoms with E-state index in [1.807, 2.05) is 227 Å². The third-order valence-electron chi connectivity index (χ3n) is 28.3. The van der Waals surface area contributed by atoms with E-state index in [9.17, 15) is 0 Å². The van der Waals surface area contributed by atoms with Crippen molar-refractivity contribution >= 4 is 139 Å². The molecule has 3 aliphatic rings. The van der Waals surface area contributed by atoms with Crippen LogP contribution in [-0.2, 0) is 21.1 Å². The average molecular weight is 1810 g/mol. The first-order valence-corrected chi connectivity index (χ1v) is 46.0. The second-order valence-corrected chi connectivity index (χ2v) is 36.9. The molecule has 0 atom stereocenters. The molecule has 666 valence electrons. The van der Waals surface area contributed by atoms with Crippen molar-refractivity contribution in [3.05, 3.63) is 445 Å². The molecule has 0 N–H and O–H groups in total. The Morgan fingerprint density at radius 3 is 0.737 bits per heavy atom. The first kappa shape index (κ1) is 56.6. The maximum atomic E-state index is 8.96. The van der Waals surface area contributed by atoms with Gasteiger partial charge in [-0.25, -0.2) is 13.7 Å². The van der Waals surface area contributed by atoms with E-state index in [4.69, 9.17) is 53.5 Å². The topological polar surface area (TPSA) is 11.6 Å². The highest BCUT2D eigenvalue weighted by Crippen LogP contribution is 2.36. The van der Waals surface area contributed by atoms with Gasteiger partial charge in [0, 0.05) is 105 Å². The lowest BCUT2D eigenvalue weighted by Gasteiger charge is -2.34. The van der Waals surface area contributed by atoms with Crippen LogP contribution in [0.2, 0.25) is 0 Å². The number of fused-ring (bicyclic) bond motifs is 6. The first-order chi connectivity index (χ1) is 81.7. The van der Waals surface area contributed by atoms with E-state index in [-0.39, 0.29) is 88.7 Å². The number of aryl methyl sites for hydroxylation is 23. The zero-order valence-corrected chi connectivity index (χ0v) is 78.1. The molecule has 3 aliphatic heterocycles. The van der Waals surface area contributed by atoms with Gasteiger partial charge in [-0.3, -0.25) is 0 Å². The van der Waals surface area contributed by atoms with Crippen LogP contribution in [0.25, 0.3) is 67.2 Å². The Kier molecular flexibility index (Phi) is 15.6. The molecule has 21 rings (SSSR count). The molecular weight excluding hydrogens is 1640 g/mol. The SMILES string of the molecule is [2H]C([2H])([2H])c1c[n+](C)c(-c2cc(-c3cc(C)c(B4c5ccccc5B(c5c(C([2H])([2H])[2H])cccc5C([2H])([2H])[2H])c5ccccc54)c(C([2H])([2H])[2H])c3)ccc2C)cc1C.[2H]C([2H])([2H])c1ccc(-c2cc(-c3cc(C)c(B4c5ccccc5B(c5c(C([2H])([2H])[2H])cccc5C([2H])([2H])[2H])c5ccccc54)c(C([2H])([2H])[2H])c3)c(C([2H])([2H])[2H])cc2C)[n+](C)c1.[2H]C([2H])([2H])c1ccc(-c2cc(-c3cc(C)c(B4c5ccccc5B(c5c(C([2H])([2H])[2H])cccc5C([2H])([2H])[2H])c5ccccc54)c(C([2H])([2H])[2H])c3)ccc2C)[n+](C)c1. The van der Waals surface area contributed by atoms with Crippen molar-refractivity contribution in [3.8, 4) is 67.2 Å². The Morgan fingerprint density at radius 2 is 0.438 bits per heavy atom. The number of nitrogens with zero attached hydrogens (tertiary/aromatic N) is 3. The van der Waals surface area contributed by atoms with Crippen molar-refractivity contribution in [1.82, 2.24) is 0 Å². The van der Waals surface area contributed by atoms with Gasteiger partial charge in [-0.05, 0) is 229 Å². The average Bonchev–Trinajstić information content (AvgIpc) is 0.711. The van der Waals surface area contributed by atoms with Crippen LogP contribution in [0, 0.1) is 138 Å². The fourth-order valence-corrected chi connectivity index (χ4v) is 21.9. The molecule has 6 heterocycles. The molecule has 0 saturated carbocycles. The summed E-state index contributed by atoms with van der Waals surface area (Å²) in [5.74, 6) is 0. The van der Waals surface area contributed by atoms with Crippen molar-refractivity contribution in [1.29, 1.82) is 0 Å². The molecule has 18 aromatic rings. The number of rotatable bonds is 12. The highest BCUT2D eigenvalue weighted by molar-refractivity contribution is 7.13. The standard InChI is InChI=1S/2C43H42B2N.C42H40B2N/c1-27-20-21-34(25-36(27)41-24-30(4)33(7)26-46(41)8)35-22-31(5)43(32(6)23-35)45-39-18-11-9-16-37(39)44(38-17-10-12-19-40(38)45)42-28(2)14-13-15-29(42)3;1-27-20-21-41(46(8)26-27)36-25-35(30(4)22-31(36)5)34-23-32(6)43(33(7)24-34)45-39-18-11-9-16-37(39)44(38-17-10-12-19-40(38)45)42-28(2)14-13-15-29(42)3;1-27-19-22-40(45(7)26-27)35-25-33(21-20-28(35)2)34-23-31(5)42(32(6)24-34)44-38-17-10-8-15-36(38)43(37-16-9-11-18-39(37)44)41-29(3)13-12-14-30(41)4/h2*9-26H,1-8H3;8-26H,1-7H3/q3*+1/i2D3,3D3,5D3,7D3;1D3,2D3,3D3,4D3,6D3;1D3,3D3,4D3,5D3. The lowest BCUT2D eigenvalue weighted by atomic mass is 9.20. The Labute approximate surface area is 873 Å². The summed E-state index contributed by atoms with van der Waals surface area (Å²) >= 11 is 0. The van der Waals surface area contributed by atoms with E-state index < -0.39 is 129 Å². The molecule has 3 nitrogen and oxygen atoms in total. The minimum atomic E-state index is -2.70. The fourth-order valence-electron chi connectivity index (χ4n) is 21.9. The van der Waals surface area contributed by atoms with Crippen LogP contribution in [-0.4, -0.2) is 40.3 Å². The van der Waals surface area contributed by atoms with Gasteiger partial charge in [0.25, 0.3) is 0 Å². The fraction of sp³-hybridized carbons (Fsp3) is 0.180. The Hall–Kier alpha value is -13.9. The van der Waals surface area contributed by atoms with Crippen LogP contribution in [0.5, 0.6) is 0 Å². The van der Waals surface area contributed by atoms with Crippen molar-refractivity contribution in [2.45, 2.75) is 138 Å². The van der Waals surface area contributed by atoms with E-state index >= 15 is 0 Å². The van der Waals surface area contributed by atoms with E-state index in [2.05, 4.69) is 0 Å². The second-order valence-electron chi connectivity index (χ2n) is 36.9. The quantitative estimate of drug-likeness (QED) is 0.0853. The molecule has 9 heteroatoms. The van der Waals surface area contributed by atoms with Crippen molar-refractivity contribution in [2.24, 2.45) is 21.1 Å². The maximum Gasteiger partial charge on any atom is 0.240 e. The Balaban J connectivity index is 0.000000160. The van der Waals surface area contributed by atoms with Gasteiger partial charge < -0.3 is 0 Å². The molecule has 0 saturated heterocycles. The second kappa shape index (κ2) is 37.7. The van der Waals surface area contributed by atoms with Gasteiger partial charge in [-0.2, -0.15) is 0 Å². The molecule has 3 aromatic heterocycles. The summed E-state index contributed by atoms with van der Waals surface area (Å²) in [6, 6.07) is 92.4. The molecule has 0 fully saturated rings. The van der Waals surface area contributed by atoms with Crippen molar-refractivity contribution in [3.63, 3.8) is 0 Å². The summed E-state index contributed by atoms with van der Waals surface area (Å²) in [6.07, 6.45) is 4.77. The van der Waals surface area contributed by atoms with Gasteiger partial charge in [-0.15, -0.1) is 0 Å². The van der Waals surface area contributed by atoms with Crippen molar-refractivity contribution < 1.29 is 67.2 Å². The van der Waals surface area contributed by atoms with Crippen LogP contribution < -0.4 is 112 Å². The van der Waals surface area contributed by atoms with Gasteiger partial charge in [0.2, 0.25) is 57.4 Å². The third kappa shape index (κ3) is 17.0. The smallest absolute Gasteiger partial charge is 0.201 e. The normalized spacial score (nSPS) is 17.7. The number of benzene rings is 15. The number of pyridine rings is 3. The van der Waals surface area contributed by atoms with Gasteiger partial charge in [0.15, 0.2) is 18.6 Å². The molecule has 0 spiro atoms. The van der Waals surface area contributed by atoms with Crippen LogP contribution in [0.4, 0.5) is 0 Å². The highest BCUT2D eigenvalue weighted by atomic mass is 14.9.